The molecular weight excluding hydrogens is 318 g/mol. The molecule has 0 atom stereocenters. The van der Waals surface area contributed by atoms with Crippen molar-refractivity contribution in [3.8, 4) is 0 Å². The largest absolute Gasteiger partial charge is 0.341 e. The molecule has 9 heteroatoms. The van der Waals surface area contributed by atoms with Crippen molar-refractivity contribution in [2.24, 2.45) is 0 Å². The zero-order valence-corrected chi connectivity index (χ0v) is 14.4. The molecular formula is C14H25N5O3S. The quantitative estimate of drug-likeness (QED) is 0.712. The Morgan fingerprint density at radius 2 is 2.04 bits per heavy atom. The molecule has 23 heavy (non-hydrogen) atoms. The van der Waals surface area contributed by atoms with Crippen molar-refractivity contribution in [2.45, 2.75) is 39.2 Å². The molecule has 1 aliphatic heterocycles. The van der Waals surface area contributed by atoms with E-state index in [1.807, 2.05) is 6.92 Å². The van der Waals surface area contributed by atoms with Crippen LogP contribution in [-0.4, -0.2) is 70.2 Å². The number of rotatable bonds is 7. The highest BCUT2D eigenvalue weighted by Gasteiger charge is 2.25. The van der Waals surface area contributed by atoms with Crippen molar-refractivity contribution in [1.82, 2.24) is 24.0 Å². The molecule has 1 amide bonds. The van der Waals surface area contributed by atoms with E-state index < -0.39 is 10.0 Å². The Labute approximate surface area is 137 Å². The van der Waals surface area contributed by atoms with Crippen LogP contribution in [0.1, 0.15) is 32.6 Å². The lowest BCUT2D eigenvalue weighted by atomic mass is 10.2. The average Bonchev–Trinajstić information content (AvgIpc) is 2.88. The van der Waals surface area contributed by atoms with Gasteiger partial charge in [-0.05, 0) is 19.3 Å². The van der Waals surface area contributed by atoms with Gasteiger partial charge in [0.25, 0.3) is 0 Å². The lowest BCUT2D eigenvalue weighted by Gasteiger charge is -2.21. The van der Waals surface area contributed by atoms with Crippen LogP contribution in [0.4, 0.5) is 0 Å². The van der Waals surface area contributed by atoms with Crippen molar-refractivity contribution in [1.29, 1.82) is 0 Å². The van der Waals surface area contributed by atoms with Crippen molar-refractivity contribution in [3.63, 3.8) is 0 Å². The topological polar surface area (TPSA) is 88.4 Å². The number of amides is 1. The SMILES string of the molecule is CCCS(=O)(=O)N1CCCN(C(=O)CCCn2cncn2)CC1. The highest BCUT2D eigenvalue weighted by Crippen LogP contribution is 2.11. The van der Waals surface area contributed by atoms with Gasteiger partial charge in [0.1, 0.15) is 12.7 Å². The van der Waals surface area contributed by atoms with Gasteiger partial charge in [-0.15, -0.1) is 0 Å². The Hall–Kier alpha value is -1.48. The predicted molar refractivity (Wildman–Crippen MR) is 86.1 cm³/mol. The van der Waals surface area contributed by atoms with E-state index >= 15 is 0 Å². The van der Waals surface area contributed by atoms with E-state index in [9.17, 15) is 13.2 Å². The standard InChI is InChI=1S/C14H25N5O3S/c1-2-11-23(21,22)19-8-4-6-17(9-10-19)14(20)5-3-7-18-13-15-12-16-18/h12-13H,2-11H2,1H3. The molecule has 0 saturated carbocycles. The first-order valence-corrected chi connectivity index (χ1v) is 9.72. The van der Waals surface area contributed by atoms with Crippen LogP contribution < -0.4 is 0 Å². The molecule has 0 unspecified atom stereocenters. The van der Waals surface area contributed by atoms with Crippen molar-refractivity contribution >= 4 is 15.9 Å². The van der Waals surface area contributed by atoms with E-state index in [1.165, 1.54) is 10.6 Å². The van der Waals surface area contributed by atoms with Gasteiger partial charge in [0.15, 0.2) is 0 Å². The maximum Gasteiger partial charge on any atom is 0.222 e. The third-order valence-electron chi connectivity index (χ3n) is 3.91. The van der Waals surface area contributed by atoms with Crippen LogP contribution >= 0.6 is 0 Å². The highest BCUT2D eigenvalue weighted by molar-refractivity contribution is 7.89. The summed E-state index contributed by atoms with van der Waals surface area (Å²) >= 11 is 0. The molecule has 0 aliphatic carbocycles. The van der Waals surface area contributed by atoms with Crippen LogP contribution in [0.25, 0.3) is 0 Å². The molecule has 1 aromatic rings. The van der Waals surface area contributed by atoms with Gasteiger partial charge >= 0.3 is 0 Å². The third-order valence-corrected chi connectivity index (χ3v) is 5.98. The molecule has 8 nitrogen and oxygen atoms in total. The molecule has 2 heterocycles. The molecule has 1 fully saturated rings. The zero-order valence-electron chi connectivity index (χ0n) is 13.6. The van der Waals surface area contributed by atoms with Gasteiger partial charge in [0.2, 0.25) is 15.9 Å². The van der Waals surface area contributed by atoms with Gasteiger partial charge < -0.3 is 4.90 Å². The van der Waals surface area contributed by atoms with E-state index in [4.69, 9.17) is 0 Å². The Morgan fingerprint density at radius 3 is 2.74 bits per heavy atom. The van der Waals surface area contributed by atoms with Gasteiger partial charge in [-0.1, -0.05) is 6.92 Å². The number of nitrogens with zero attached hydrogens (tertiary/aromatic N) is 5. The van der Waals surface area contributed by atoms with Crippen molar-refractivity contribution in [3.05, 3.63) is 12.7 Å². The van der Waals surface area contributed by atoms with Gasteiger partial charge in [-0.3, -0.25) is 9.48 Å². The molecule has 0 bridgehead atoms. The van der Waals surface area contributed by atoms with E-state index in [-0.39, 0.29) is 11.7 Å². The second-order valence-corrected chi connectivity index (χ2v) is 7.80. The van der Waals surface area contributed by atoms with Gasteiger partial charge in [-0.2, -0.15) is 5.10 Å². The summed E-state index contributed by atoms with van der Waals surface area (Å²) in [5.74, 6) is 0.263. The molecule has 1 saturated heterocycles. The summed E-state index contributed by atoms with van der Waals surface area (Å²) in [6.07, 6.45) is 5.56. The minimum atomic E-state index is -3.18. The summed E-state index contributed by atoms with van der Waals surface area (Å²) in [4.78, 5) is 17.9. The van der Waals surface area contributed by atoms with Gasteiger partial charge in [0.05, 0.1) is 5.75 Å². The van der Waals surface area contributed by atoms with E-state index in [2.05, 4.69) is 10.1 Å². The third kappa shape index (κ3) is 5.28. The Bertz CT molecular complexity index is 588. The summed E-state index contributed by atoms with van der Waals surface area (Å²) in [7, 11) is -3.18. The van der Waals surface area contributed by atoms with E-state index in [1.54, 1.807) is 15.9 Å². The molecule has 0 N–H and O–H groups in total. The Balaban J connectivity index is 1.79. The van der Waals surface area contributed by atoms with Crippen molar-refractivity contribution in [2.75, 3.05) is 31.9 Å². The lowest BCUT2D eigenvalue weighted by Crippen LogP contribution is -2.38. The minimum Gasteiger partial charge on any atom is -0.341 e. The average molecular weight is 343 g/mol. The first-order valence-electron chi connectivity index (χ1n) is 8.11. The Kier molecular flexibility index (Phi) is 6.52. The van der Waals surface area contributed by atoms with Crippen LogP contribution in [0.5, 0.6) is 0 Å². The normalized spacial score (nSPS) is 17.2. The fourth-order valence-corrected chi connectivity index (χ4v) is 4.25. The molecule has 0 radical (unpaired) electrons. The second kappa shape index (κ2) is 8.39. The number of carbonyl (C=O) groups excluding carboxylic acids is 1. The predicted octanol–water partition coefficient (Wildman–Crippen LogP) is 0.332. The van der Waals surface area contributed by atoms with Gasteiger partial charge in [-0.25, -0.2) is 17.7 Å². The van der Waals surface area contributed by atoms with Crippen LogP contribution in [-0.2, 0) is 21.4 Å². The maximum atomic E-state index is 12.3. The monoisotopic (exact) mass is 343 g/mol. The van der Waals surface area contributed by atoms with Crippen LogP contribution in [0.15, 0.2) is 12.7 Å². The fourth-order valence-electron chi connectivity index (χ4n) is 2.71. The van der Waals surface area contributed by atoms with Crippen LogP contribution in [0.2, 0.25) is 0 Å². The van der Waals surface area contributed by atoms with E-state index in [0.29, 0.717) is 58.4 Å². The lowest BCUT2D eigenvalue weighted by molar-refractivity contribution is -0.131. The Morgan fingerprint density at radius 1 is 1.22 bits per heavy atom. The highest BCUT2D eigenvalue weighted by atomic mass is 32.2. The minimum absolute atomic E-state index is 0.0832. The number of aromatic nitrogens is 3. The van der Waals surface area contributed by atoms with Gasteiger partial charge in [0, 0.05) is 39.1 Å². The number of hydrogen-bond donors (Lipinski definition) is 0. The summed E-state index contributed by atoms with van der Waals surface area (Å²) in [5, 5.41) is 4.00. The summed E-state index contributed by atoms with van der Waals surface area (Å²) in [6, 6.07) is 0. The smallest absolute Gasteiger partial charge is 0.222 e. The fraction of sp³-hybridized carbons (Fsp3) is 0.786. The maximum absolute atomic E-state index is 12.3. The molecule has 130 valence electrons. The van der Waals surface area contributed by atoms with E-state index in [0.717, 1.165) is 0 Å². The zero-order chi connectivity index (χ0) is 16.7. The molecule has 1 aromatic heterocycles. The molecule has 2 rings (SSSR count). The number of hydrogen-bond acceptors (Lipinski definition) is 5. The summed E-state index contributed by atoms with van der Waals surface area (Å²) in [5.41, 5.74) is 0. The first-order chi connectivity index (χ1) is 11.0. The second-order valence-electron chi connectivity index (χ2n) is 5.71. The molecule has 0 spiro atoms. The molecule has 1 aliphatic rings. The molecule has 0 aromatic carbocycles. The number of carbonyl (C=O) groups is 1. The van der Waals surface area contributed by atoms with Crippen molar-refractivity contribution < 1.29 is 13.2 Å². The summed E-state index contributed by atoms with van der Waals surface area (Å²) < 4.78 is 27.5. The summed E-state index contributed by atoms with van der Waals surface area (Å²) in [6.45, 7) is 4.53. The number of sulfonamides is 1. The van der Waals surface area contributed by atoms with Crippen LogP contribution in [0.3, 0.4) is 0 Å². The first kappa shape index (κ1) is 17.9. The number of aryl methyl sites for hydroxylation is 1. The van der Waals surface area contributed by atoms with Crippen LogP contribution in [0, 0.1) is 0 Å².